The number of hydrogen-bond acceptors (Lipinski definition) is 3. The minimum absolute atomic E-state index is 0.129. The van der Waals surface area contributed by atoms with Crippen molar-refractivity contribution in [2.24, 2.45) is 0 Å². The van der Waals surface area contributed by atoms with E-state index in [2.05, 4.69) is 4.98 Å². The molecule has 0 spiro atoms. The highest BCUT2D eigenvalue weighted by atomic mass is 16.5. The Morgan fingerprint density at radius 1 is 1.26 bits per heavy atom. The maximum absolute atomic E-state index is 11.9. The summed E-state index contributed by atoms with van der Waals surface area (Å²) in [6, 6.07) is 3.46. The normalized spacial score (nSPS) is 10.7. The third-order valence-electron chi connectivity index (χ3n) is 3.31. The van der Waals surface area contributed by atoms with E-state index in [4.69, 9.17) is 4.74 Å². The first-order valence-corrected chi connectivity index (χ1v) is 6.27. The summed E-state index contributed by atoms with van der Waals surface area (Å²) in [5, 5.41) is 0.815. The van der Waals surface area contributed by atoms with E-state index >= 15 is 0 Å². The number of carbonyl (C=O) groups is 2. The zero-order valence-electron chi connectivity index (χ0n) is 11.6. The Hall–Kier alpha value is -2.10. The first-order valence-electron chi connectivity index (χ1n) is 6.27. The number of ketones is 1. The van der Waals surface area contributed by atoms with Gasteiger partial charge in [0.2, 0.25) is 0 Å². The summed E-state index contributed by atoms with van der Waals surface area (Å²) in [6.45, 7) is 7.40. The van der Waals surface area contributed by atoms with E-state index in [0.29, 0.717) is 17.7 Å². The molecule has 0 aliphatic heterocycles. The molecule has 0 saturated heterocycles. The summed E-state index contributed by atoms with van der Waals surface area (Å²) in [4.78, 5) is 27.1. The van der Waals surface area contributed by atoms with Gasteiger partial charge >= 0.3 is 5.97 Å². The molecule has 0 bridgehead atoms. The lowest BCUT2D eigenvalue weighted by Gasteiger charge is -2.08. The molecule has 1 heterocycles. The van der Waals surface area contributed by atoms with Gasteiger partial charge in [0, 0.05) is 22.2 Å². The molecule has 0 saturated carbocycles. The van der Waals surface area contributed by atoms with E-state index in [-0.39, 0.29) is 5.78 Å². The van der Waals surface area contributed by atoms with Gasteiger partial charge in [0.05, 0.1) is 12.2 Å². The Morgan fingerprint density at radius 3 is 2.53 bits per heavy atom. The second kappa shape index (κ2) is 4.88. The first kappa shape index (κ1) is 13.3. The lowest BCUT2D eigenvalue weighted by molar-refractivity contribution is 0.0523. The van der Waals surface area contributed by atoms with E-state index in [0.717, 1.165) is 22.2 Å². The summed E-state index contributed by atoms with van der Waals surface area (Å²) < 4.78 is 5.01. The quantitative estimate of drug-likeness (QED) is 0.680. The molecule has 1 aromatic carbocycles. The molecule has 0 fully saturated rings. The van der Waals surface area contributed by atoms with Crippen LogP contribution in [0, 0.1) is 13.8 Å². The highest BCUT2D eigenvalue weighted by molar-refractivity contribution is 6.15. The molecule has 2 aromatic rings. The Balaban J connectivity index is 2.79. The van der Waals surface area contributed by atoms with Crippen molar-refractivity contribution in [1.82, 2.24) is 4.98 Å². The molecular weight excluding hydrogens is 242 g/mol. The number of benzene rings is 1. The van der Waals surface area contributed by atoms with Gasteiger partial charge in [-0.2, -0.15) is 0 Å². The number of aromatic amines is 1. The number of esters is 1. The fraction of sp³-hybridized carbons (Fsp3) is 0.333. The minimum atomic E-state index is -0.451. The molecule has 0 unspecified atom stereocenters. The number of carbonyl (C=O) groups excluding carboxylic acids is 2. The zero-order valence-corrected chi connectivity index (χ0v) is 11.6. The molecule has 0 radical (unpaired) electrons. The zero-order chi connectivity index (χ0) is 14.2. The van der Waals surface area contributed by atoms with Gasteiger partial charge in [0.15, 0.2) is 5.78 Å². The predicted octanol–water partition coefficient (Wildman–Crippen LogP) is 3.16. The first-order chi connectivity index (χ1) is 8.97. The van der Waals surface area contributed by atoms with Crippen LogP contribution < -0.4 is 0 Å². The van der Waals surface area contributed by atoms with Crippen LogP contribution in [0.5, 0.6) is 0 Å². The molecule has 100 valence electrons. The SMILES string of the molecule is CCOC(=O)c1ccc2[nH]c(C)c(C)c2c1C(C)=O. The van der Waals surface area contributed by atoms with E-state index in [1.165, 1.54) is 6.92 Å². The largest absolute Gasteiger partial charge is 0.462 e. The molecule has 0 amide bonds. The van der Waals surface area contributed by atoms with Crippen molar-refractivity contribution < 1.29 is 14.3 Å². The molecule has 4 nitrogen and oxygen atoms in total. The van der Waals surface area contributed by atoms with Gasteiger partial charge in [-0.1, -0.05) is 0 Å². The Bertz CT molecular complexity index is 668. The lowest BCUT2D eigenvalue weighted by atomic mass is 9.97. The number of fused-ring (bicyclic) bond motifs is 1. The highest BCUT2D eigenvalue weighted by Gasteiger charge is 2.21. The number of aryl methyl sites for hydroxylation is 2. The highest BCUT2D eigenvalue weighted by Crippen LogP contribution is 2.28. The summed E-state index contributed by atoms with van der Waals surface area (Å²) in [7, 11) is 0. The van der Waals surface area contributed by atoms with E-state index < -0.39 is 5.97 Å². The second-order valence-corrected chi connectivity index (χ2v) is 4.56. The number of H-pyrrole nitrogens is 1. The van der Waals surface area contributed by atoms with Crippen LogP contribution in [0.25, 0.3) is 10.9 Å². The lowest BCUT2D eigenvalue weighted by Crippen LogP contribution is -2.11. The molecule has 0 atom stereocenters. The third kappa shape index (κ3) is 2.14. The predicted molar refractivity (Wildman–Crippen MR) is 73.7 cm³/mol. The molecular formula is C15H17NO3. The van der Waals surface area contributed by atoms with Crippen molar-refractivity contribution >= 4 is 22.7 Å². The van der Waals surface area contributed by atoms with Crippen molar-refractivity contribution in [3.63, 3.8) is 0 Å². The molecule has 1 N–H and O–H groups in total. The number of aromatic nitrogens is 1. The van der Waals surface area contributed by atoms with Crippen LogP contribution in [0.3, 0.4) is 0 Å². The van der Waals surface area contributed by atoms with Gasteiger partial charge in [-0.25, -0.2) is 4.79 Å². The van der Waals surface area contributed by atoms with Crippen LogP contribution in [0.15, 0.2) is 12.1 Å². The minimum Gasteiger partial charge on any atom is -0.462 e. The average molecular weight is 259 g/mol. The van der Waals surface area contributed by atoms with Gasteiger partial charge in [-0.15, -0.1) is 0 Å². The van der Waals surface area contributed by atoms with Crippen molar-refractivity contribution in [3.05, 3.63) is 34.5 Å². The Kier molecular flexibility index (Phi) is 3.42. The topological polar surface area (TPSA) is 59.2 Å². The average Bonchev–Trinajstić information content (AvgIpc) is 2.64. The summed E-state index contributed by atoms with van der Waals surface area (Å²) in [6.07, 6.45) is 0. The second-order valence-electron chi connectivity index (χ2n) is 4.56. The smallest absolute Gasteiger partial charge is 0.338 e. The molecule has 1 aromatic heterocycles. The van der Waals surface area contributed by atoms with Crippen LogP contribution in [-0.2, 0) is 4.74 Å². The van der Waals surface area contributed by atoms with Gasteiger partial charge in [0.25, 0.3) is 0 Å². The van der Waals surface area contributed by atoms with Gasteiger partial charge in [-0.3, -0.25) is 4.79 Å². The van der Waals surface area contributed by atoms with Gasteiger partial charge in [0.1, 0.15) is 0 Å². The summed E-state index contributed by atoms with van der Waals surface area (Å²) in [5.41, 5.74) is 3.64. The van der Waals surface area contributed by atoms with Crippen LogP contribution in [0.2, 0.25) is 0 Å². The van der Waals surface area contributed by atoms with E-state index in [1.54, 1.807) is 13.0 Å². The maximum atomic E-state index is 11.9. The molecule has 2 rings (SSSR count). The fourth-order valence-corrected chi connectivity index (χ4v) is 2.32. The van der Waals surface area contributed by atoms with Crippen molar-refractivity contribution in [2.45, 2.75) is 27.7 Å². The maximum Gasteiger partial charge on any atom is 0.338 e. The summed E-state index contributed by atoms with van der Waals surface area (Å²) >= 11 is 0. The third-order valence-corrected chi connectivity index (χ3v) is 3.31. The number of ether oxygens (including phenoxy) is 1. The number of nitrogens with one attached hydrogen (secondary N) is 1. The van der Waals surface area contributed by atoms with Gasteiger partial charge in [-0.05, 0) is 45.4 Å². The van der Waals surface area contributed by atoms with E-state index in [1.807, 2.05) is 19.9 Å². The fourth-order valence-electron chi connectivity index (χ4n) is 2.32. The molecule has 19 heavy (non-hydrogen) atoms. The summed E-state index contributed by atoms with van der Waals surface area (Å²) in [5.74, 6) is -0.580. The standard InChI is InChI=1S/C15H17NO3/c1-5-19-15(18)11-6-7-12-13(14(11)10(4)17)8(2)9(3)16-12/h6-7,16H,5H2,1-4H3. The van der Waals surface area contributed by atoms with Crippen LogP contribution >= 0.6 is 0 Å². The molecule has 0 aliphatic carbocycles. The number of hydrogen-bond donors (Lipinski definition) is 1. The van der Waals surface area contributed by atoms with Crippen LogP contribution in [0.1, 0.15) is 45.8 Å². The van der Waals surface area contributed by atoms with Gasteiger partial charge < -0.3 is 9.72 Å². The number of rotatable bonds is 3. The Morgan fingerprint density at radius 2 is 1.95 bits per heavy atom. The molecule has 4 heteroatoms. The monoisotopic (exact) mass is 259 g/mol. The van der Waals surface area contributed by atoms with Crippen LogP contribution in [0.4, 0.5) is 0 Å². The van der Waals surface area contributed by atoms with Crippen molar-refractivity contribution in [3.8, 4) is 0 Å². The Labute approximate surface area is 111 Å². The number of Topliss-reactive ketones (excluding diaryl/α,β-unsaturated/α-hetero) is 1. The van der Waals surface area contributed by atoms with Crippen LogP contribution in [-0.4, -0.2) is 23.3 Å². The van der Waals surface area contributed by atoms with E-state index in [9.17, 15) is 9.59 Å². The van der Waals surface area contributed by atoms with Crippen molar-refractivity contribution in [2.75, 3.05) is 6.61 Å². The molecule has 0 aliphatic rings. The van der Waals surface area contributed by atoms with Crippen molar-refractivity contribution in [1.29, 1.82) is 0 Å².